The number of esters is 1. The van der Waals surface area contributed by atoms with Crippen molar-refractivity contribution in [2.75, 3.05) is 24.7 Å². The molecule has 40 heavy (non-hydrogen) atoms. The van der Waals surface area contributed by atoms with Gasteiger partial charge in [-0.3, -0.25) is 14.5 Å². The second-order valence-corrected chi connectivity index (χ2v) is 9.59. The first-order valence-electron chi connectivity index (χ1n) is 12.3. The van der Waals surface area contributed by atoms with Crippen molar-refractivity contribution in [2.24, 2.45) is 0 Å². The molecule has 2 aromatic heterocycles. The quantitative estimate of drug-likeness (QED) is 0.174. The lowest BCUT2D eigenvalue weighted by Crippen LogP contribution is -2.31. The Balaban J connectivity index is 1.86. The summed E-state index contributed by atoms with van der Waals surface area (Å²) in [6.07, 6.45) is 3.02. The number of amides is 1. The van der Waals surface area contributed by atoms with E-state index in [1.807, 2.05) is 0 Å². The lowest BCUT2D eigenvalue weighted by Gasteiger charge is -2.25. The average molecular weight is 565 g/mol. The Morgan fingerprint density at radius 3 is 2.52 bits per heavy atom. The number of furan rings is 1. The molecular formula is C29H28N2O8S. The second-order valence-electron chi connectivity index (χ2n) is 8.62. The summed E-state index contributed by atoms with van der Waals surface area (Å²) in [5.74, 6) is -1.67. The van der Waals surface area contributed by atoms with E-state index in [0.29, 0.717) is 35.1 Å². The number of carbonyl (C=O) groups is 3. The van der Waals surface area contributed by atoms with Crippen LogP contribution in [0.5, 0.6) is 11.5 Å². The Labute approximate surface area is 234 Å². The van der Waals surface area contributed by atoms with Gasteiger partial charge >= 0.3 is 5.97 Å². The molecule has 0 spiro atoms. The molecule has 1 atom stereocenters. The van der Waals surface area contributed by atoms with E-state index in [4.69, 9.17) is 18.6 Å². The molecule has 0 saturated heterocycles. The van der Waals surface area contributed by atoms with Crippen LogP contribution in [0.15, 0.2) is 71.4 Å². The molecule has 3 aromatic rings. The van der Waals surface area contributed by atoms with Gasteiger partial charge in [0.05, 0.1) is 23.9 Å². The van der Waals surface area contributed by atoms with Crippen LogP contribution in [0, 0.1) is 13.8 Å². The number of hydrogen-bond donors (Lipinski definition) is 1. The molecule has 10 nitrogen and oxygen atoms in total. The topological polar surface area (TPSA) is 128 Å². The molecule has 1 aromatic carbocycles. The minimum absolute atomic E-state index is 0.000806. The van der Waals surface area contributed by atoms with Crippen molar-refractivity contribution in [3.8, 4) is 11.5 Å². The predicted octanol–water partition coefficient (Wildman–Crippen LogP) is 5.44. The first-order chi connectivity index (χ1) is 19.2. The van der Waals surface area contributed by atoms with Crippen molar-refractivity contribution in [1.29, 1.82) is 0 Å². The molecule has 11 heteroatoms. The van der Waals surface area contributed by atoms with Crippen LogP contribution in [-0.2, 0) is 9.53 Å². The maximum Gasteiger partial charge on any atom is 0.350 e. The predicted molar refractivity (Wildman–Crippen MR) is 148 cm³/mol. The van der Waals surface area contributed by atoms with Gasteiger partial charge in [0.1, 0.15) is 23.9 Å². The number of Topliss-reactive ketones (excluding diaryl/α,β-unsaturated/α-hetero) is 1. The summed E-state index contributed by atoms with van der Waals surface area (Å²) in [6, 6.07) is 6.89. The molecule has 1 aliphatic rings. The number of benzene rings is 1. The highest BCUT2D eigenvalue weighted by Gasteiger charge is 2.47. The van der Waals surface area contributed by atoms with Gasteiger partial charge in [0, 0.05) is 0 Å². The molecule has 0 aliphatic carbocycles. The van der Waals surface area contributed by atoms with Crippen LogP contribution in [0.2, 0.25) is 0 Å². The number of aliphatic hydroxyl groups is 1. The van der Waals surface area contributed by atoms with E-state index in [9.17, 15) is 19.5 Å². The largest absolute Gasteiger partial charge is 0.503 e. The fourth-order valence-electron chi connectivity index (χ4n) is 4.14. The molecule has 0 radical (unpaired) electrons. The summed E-state index contributed by atoms with van der Waals surface area (Å²) >= 11 is 0.908. The number of hydrogen-bond acceptors (Lipinski definition) is 10. The van der Waals surface area contributed by atoms with Crippen molar-refractivity contribution in [3.05, 3.63) is 94.6 Å². The highest BCUT2D eigenvalue weighted by Crippen LogP contribution is 2.45. The molecule has 1 aliphatic heterocycles. The van der Waals surface area contributed by atoms with E-state index >= 15 is 0 Å². The SMILES string of the molecule is C=CCOC(=O)c1sc(N2C(=O)C(O)=C(C(=O)c3ccc(C)o3)C2c2ccc(OCC=C)c(OCC)c2)nc1C. The smallest absolute Gasteiger partial charge is 0.350 e. The number of aryl methyl sites for hydroxylation is 2. The molecule has 208 valence electrons. The minimum atomic E-state index is -1.12. The van der Waals surface area contributed by atoms with E-state index in [2.05, 4.69) is 18.1 Å². The van der Waals surface area contributed by atoms with Crippen LogP contribution in [0.1, 0.15) is 50.2 Å². The first-order valence-corrected chi connectivity index (χ1v) is 13.2. The molecule has 1 unspecified atom stereocenters. The summed E-state index contributed by atoms with van der Waals surface area (Å²) in [5, 5.41) is 11.1. The zero-order valence-electron chi connectivity index (χ0n) is 22.3. The van der Waals surface area contributed by atoms with Gasteiger partial charge in [-0.2, -0.15) is 0 Å². The first kappa shape index (κ1) is 28.4. The van der Waals surface area contributed by atoms with Gasteiger partial charge in [-0.1, -0.05) is 42.7 Å². The van der Waals surface area contributed by atoms with Crippen LogP contribution in [-0.4, -0.2) is 47.6 Å². The monoisotopic (exact) mass is 564 g/mol. The second kappa shape index (κ2) is 12.0. The number of carbonyl (C=O) groups excluding carboxylic acids is 3. The molecule has 4 rings (SSSR count). The van der Waals surface area contributed by atoms with Crippen LogP contribution >= 0.6 is 11.3 Å². The highest BCUT2D eigenvalue weighted by molar-refractivity contribution is 7.17. The number of aliphatic hydroxyl groups excluding tert-OH is 1. The Morgan fingerprint density at radius 1 is 1.12 bits per heavy atom. The highest BCUT2D eigenvalue weighted by atomic mass is 32.1. The molecule has 3 heterocycles. The molecule has 1 amide bonds. The molecule has 0 saturated carbocycles. The zero-order chi connectivity index (χ0) is 29.0. The van der Waals surface area contributed by atoms with E-state index in [-0.39, 0.29) is 34.6 Å². The number of aromatic nitrogens is 1. The number of ketones is 1. The molecule has 0 bridgehead atoms. The summed E-state index contributed by atoms with van der Waals surface area (Å²) in [4.78, 5) is 45.5. The Morgan fingerprint density at radius 2 is 1.88 bits per heavy atom. The van der Waals surface area contributed by atoms with Crippen LogP contribution < -0.4 is 14.4 Å². The number of nitrogens with zero attached hydrogens (tertiary/aromatic N) is 2. The standard InChI is InChI=1S/C29H28N2O8S/c1-6-13-37-19-12-10-18(15-21(19)36-8-3)23-22(24(32)20-11-9-16(4)39-20)25(33)27(34)31(23)29-30-17(5)26(40-29)28(35)38-14-7-2/h6-7,9-12,15,23,33H,1-2,8,13-14H2,3-5H3. The maximum atomic E-state index is 13.6. The number of rotatable bonds is 12. The van der Waals surface area contributed by atoms with Crippen molar-refractivity contribution in [3.63, 3.8) is 0 Å². The Kier molecular flexibility index (Phi) is 8.54. The van der Waals surface area contributed by atoms with Crippen LogP contribution in [0.3, 0.4) is 0 Å². The summed E-state index contributed by atoms with van der Waals surface area (Å²) in [7, 11) is 0. The minimum Gasteiger partial charge on any atom is -0.503 e. The Bertz CT molecular complexity index is 1520. The summed E-state index contributed by atoms with van der Waals surface area (Å²) < 4.78 is 22.1. The fraction of sp³-hybridized carbons (Fsp3) is 0.241. The van der Waals surface area contributed by atoms with Crippen LogP contribution in [0.25, 0.3) is 0 Å². The zero-order valence-corrected chi connectivity index (χ0v) is 23.1. The normalized spacial score (nSPS) is 14.8. The van der Waals surface area contributed by atoms with Gasteiger partial charge in [-0.05, 0) is 50.6 Å². The van der Waals surface area contributed by atoms with E-state index in [1.54, 1.807) is 51.1 Å². The molecule has 1 N–H and O–H groups in total. The number of anilines is 1. The van der Waals surface area contributed by atoms with Gasteiger partial charge < -0.3 is 23.7 Å². The van der Waals surface area contributed by atoms with E-state index in [1.165, 1.54) is 17.0 Å². The van der Waals surface area contributed by atoms with Crippen molar-refractivity contribution < 1.29 is 38.1 Å². The number of ether oxygens (including phenoxy) is 3. The van der Waals surface area contributed by atoms with Crippen molar-refractivity contribution in [1.82, 2.24) is 4.98 Å². The summed E-state index contributed by atoms with van der Waals surface area (Å²) in [6.45, 7) is 12.8. The molecule has 0 fully saturated rings. The van der Waals surface area contributed by atoms with Gasteiger partial charge in [-0.25, -0.2) is 9.78 Å². The number of thiazole rings is 1. The third-order valence-electron chi connectivity index (χ3n) is 5.87. The van der Waals surface area contributed by atoms with E-state index < -0.39 is 29.5 Å². The summed E-state index contributed by atoms with van der Waals surface area (Å²) in [5.41, 5.74) is 0.553. The van der Waals surface area contributed by atoms with Gasteiger partial charge in [0.25, 0.3) is 5.91 Å². The maximum absolute atomic E-state index is 13.6. The fourth-order valence-corrected chi connectivity index (χ4v) is 5.13. The lowest BCUT2D eigenvalue weighted by molar-refractivity contribution is -0.117. The lowest BCUT2D eigenvalue weighted by atomic mass is 9.95. The third kappa shape index (κ3) is 5.41. The van der Waals surface area contributed by atoms with E-state index in [0.717, 1.165) is 11.3 Å². The van der Waals surface area contributed by atoms with Crippen LogP contribution in [0.4, 0.5) is 5.13 Å². The van der Waals surface area contributed by atoms with Gasteiger partial charge in [0.15, 0.2) is 28.1 Å². The van der Waals surface area contributed by atoms with Crippen molar-refractivity contribution >= 4 is 34.1 Å². The third-order valence-corrected chi connectivity index (χ3v) is 7.00. The average Bonchev–Trinajstić information content (AvgIpc) is 3.62. The molecular weight excluding hydrogens is 536 g/mol. The Hall–Kier alpha value is -4.64. The van der Waals surface area contributed by atoms with Crippen molar-refractivity contribution in [2.45, 2.75) is 26.8 Å². The van der Waals surface area contributed by atoms with Gasteiger partial charge in [0.2, 0.25) is 5.78 Å². The van der Waals surface area contributed by atoms with Gasteiger partial charge in [-0.15, -0.1) is 0 Å².